The van der Waals surface area contributed by atoms with E-state index in [1.165, 1.54) is 19.3 Å². The highest BCUT2D eigenvalue weighted by Crippen LogP contribution is 2.33. The zero-order valence-corrected chi connectivity index (χ0v) is 10.1. The molecule has 1 aliphatic rings. The van der Waals surface area contributed by atoms with Crippen molar-refractivity contribution in [2.75, 3.05) is 11.9 Å². The average Bonchev–Trinajstić information content (AvgIpc) is 2.76. The van der Waals surface area contributed by atoms with Crippen LogP contribution in [-0.2, 0) is 6.18 Å². The molecule has 0 radical (unpaired) electrons. The van der Waals surface area contributed by atoms with Gasteiger partial charge in [-0.1, -0.05) is 30.6 Å². The van der Waals surface area contributed by atoms with Crippen molar-refractivity contribution in [3.05, 3.63) is 5.01 Å². The van der Waals surface area contributed by atoms with Gasteiger partial charge in [-0.05, 0) is 18.8 Å². The van der Waals surface area contributed by atoms with Crippen molar-refractivity contribution < 1.29 is 13.2 Å². The van der Waals surface area contributed by atoms with Gasteiger partial charge in [0.1, 0.15) is 0 Å². The average molecular weight is 265 g/mol. The van der Waals surface area contributed by atoms with Crippen LogP contribution in [0.3, 0.4) is 0 Å². The summed E-state index contributed by atoms with van der Waals surface area (Å²) in [5, 5.41) is 8.97. The molecule has 3 nitrogen and oxygen atoms in total. The largest absolute Gasteiger partial charge is 0.445 e. The molecule has 0 unspecified atom stereocenters. The molecule has 0 saturated heterocycles. The Labute approximate surface area is 101 Å². The molecule has 1 fully saturated rings. The minimum Gasteiger partial charge on any atom is -0.360 e. The quantitative estimate of drug-likeness (QED) is 0.908. The van der Waals surface area contributed by atoms with E-state index < -0.39 is 11.2 Å². The van der Waals surface area contributed by atoms with Gasteiger partial charge in [-0.2, -0.15) is 13.2 Å². The summed E-state index contributed by atoms with van der Waals surface area (Å²) in [6.45, 7) is 0.701. The molecule has 0 aromatic carbocycles. The van der Waals surface area contributed by atoms with Gasteiger partial charge < -0.3 is 5.32 Å². The molecule has 1 aromatic heterocycles. The maximum absolute atomic E-state index is 12.3. The third kappa shape index (κ3) is 3.55. The Kier molecular flexibility index (Phi) is 3.86. The molecule has 0 aliphatic heterocycles. The molecule has 0 amide bonds. The predicted molar refractivity (Wildman–Crippen MR) is 60.0 cm³/mol. The predicted octanol–water partition coefficient (Wildman–Crippen LogP) is 3.55. The maximum Gasteiger partial charge on any atom is 0.445 e. The molecular formula is C10H14F3N3S. The molecule has 1 aliphatic carbocycles. The number of alkyl halides is 3. The number of hydrogen-bond donors (Lipinski definition) is 1. The summed E-state index contributed by atoms with van der Waals surface area (Å²) in [6.07, 6.45) is 1.62. The molecule has 17 heavy (non-hydrogen) atoms. The minimum atomic E-state index is -4.39. The van der Waals surface area contributed by atoms with Crippen molar-refractivity contribution in [2.45, 2.75) is 38.3 Å². The SMILES string of the molecule is FC(F)(F)c1nnc(NCC2CCCCC2)s1. The lowest BCUT2D eigenvalue weighted by atomic mass is 9.89. The van der Waals surface area contributed by atoms with E-state index in [9.17, 15) is 13.2 Å². The Morgan fingerprint density at radius 2 is 1.88 bits per heavy atom. The fourth-order valence-electron chi connectivity index (χ4n) is 2.03. The summed E-state index contributed by atoms with van der Waals surface area (Å²) in [6, 6.07) is 0. The Morgan fingerprint density at radius 3 is 2.47 bits per heavy atom. The number of rotatable bonds is 3. The van der Waals surface area contributed by atoms with Crippen molar-refractivity contribution in [1.29, 1.82) is 0 Å². The van der Waals surface area contributed by atoms with Crippen LogP contribution in [0.15, 0.2) is 0 Å². The minimum absolute atomic E-state index is 0.267. The Hall–Kier alpha value is -0.850. The molecule has 0 atom stereocenters. The van der Waals surface area contributed by atoms with E-state index in [4.69, 9.17) is 0 Å². The van der Waals surface area contributed by atoms with Crippen molar-refractivity contribution in [3.8, 4) is 0 Å². The molecule has 1 aromatic rings. The van der Waals surface area contributed by atoms with E-state index in [0.717, 1.165) is 12.8 Å². The van der Waals surface area contributed by atoms with E-state index in [2.05, 4.69) is 15.5 Å². The first-order valence-corrected chi connectivity index (χ1v) is 6.52. The van der Waals surface area contributed by atoms with Crippen molar-refractivity contribution in [1.82, 2.24) is 10.2 Å². The smallest absolute Gasteiger partial charge is 0.360 e. The number of hydrogen-bond acceptors (Lipinski definition) is 4. The van der Waals surface area contributed by atoms with E-state index in [0.29, 0.717) is 23.8 Å². The van der Waals surface area contributed by atoms with Gasteiger partial charge in [-0.15, -0.1) is 10.2 Å². The lowest BCUT2D eigenvalue weighted by molar-refractivity contribution is -0.138. The number of nitrogens with zero attached hydrogens (tertiary/aromatic N) is 2. The van der Waals surface area contributed by atoms with Crippen LogP contribution in [0.4, 0.5) is 18.3 Å². The summed E-state index contributed by atoms with van der Waals surface area (Å²) >= 11 is 0.570. The van der Waals surface area contributed by atoms with Gasteiger partial charge in [0.2, 0.25) is 10.1 Å². The second kappa shape index (κ2) is 5.20. The van der Waals surface area contributed by atoms with E-state index in [1.54, 1.807) is 0 Å². The monoisotopic (exact) mass is 265 g/mol. The summed E-state index contributed by atoms with van der Waals surface area (Å²) in [7, 11) is 0. The molecule has 0 bridgehead atoms. The van der Waals surface area contributed by atoms with Crippen LogP contribution in [0.5, 0.6) is 0 Å². The lowest BCUT2D eigenvalue weighted by Crippen LogP contribution is -2.16. The summed E-state index contributed by atoms with van der Waals surface area (Å²) in [5.74, 6) is 0.557. The van der Waals surface area contributed by atoms with Gasteiger partial charge >= 0.3 is 6.18 Å². The Balaban J connectivity index is 1.84. The van der Waals surface area contributed by atoms with Gasteiger partial charge in [0.05, 0.1) is 0 Å². The van der Waals surface area contributed by atoms with E-state index in [1.807, 2.05) is 0 Å². The maximum atomic E-state index is 12.3. The molecule has 7 heteroatoms. The Morgan fingerprint density at radius 1 is 1.18 bits per heavy atom. The summed E-state index contributed by atoms with van der Waals surface area (Å²) in [5.41, 5.74) is 0. The molecule has 1 N–H and O–H groups in total. The van der Waals surface area contributed by atoms with Gasteiger partial charge in [0.15, 0.2) is 0 Å². The summed E-state index contributed by atoms with van der Waals surface area (Å²) in [4.78, 5) is 0. The lowest BCUT2D eigenvalue weighted by Gasteiger charge is -2.21. The van der Waals surface area contributed by atoms with Gasteiger partial charge in [0, 0.05) is 6.54 Å². The van der Waals surface area contributed by atoms with Crippen molar-refractivity contribution in [2.24, 2.45) is 5.92 Å². The van der Waals surface area contributed by atoms with Crippen LogP contribution in [0, 0.1) is 5.92 Å². The zero-order chi connectivity index (χ0) is 12.3. The van der Waals surface area contributed by atoms with Crippen LogP contribution in [0.25, 0.3) is 0 Å². The topological polar surface area (TPSA) is 37.8 Å². The first-order chi connectivity index (χ1) is 8.05. The zero-order valence-electron chi connectivity index (χ0n) is 9.26. The number of nitrogens with one attached hydrogen (secondary N) is 1. The molecule has 1 heterocycles. The number of anilines is 1. The number of aromatic nitrogens is 2. The molecule has 0 spiro atoms. The Bertz CT molecular complexity index is 358. The summed E-state index contributed by atoms with van der Waals surface area (Å²) < 4.78 is 36.8. The second-order valence-corrected chi connectivity index (χ2v) is 5.27. The van der Waals surface area contributed by atoms with Gasteiger partial charge in [0.25, 0.3) is 0 Å². The van der Waals surface area contributed by atoms with Crippen molar-refractivity contribution >= 4 is 16.5 Å². The first-order valence-electron chi connectivity index (χ1n) is 5.70. The third-order valence-electron chi connectivity index (χ3n) is 2.93. The van der Waals surface area contributed by atoms with Gasteiger partial charge in [-0.3, -0.25) is 0 Å². The highest BCUT2D eigenvalue weighted by Gasteiger charge is 2.35. The molecule has 96 valence electrons. The second-order valence-electron chi connectivity index (χ2n) is 4.30. The van der Waals surface area contributed by atoms with Crippen LogP contribution < -0.4 is 5.32 Å². The standard InChI is InChI=1S/C10H14F3N3S/c11-10(12,13)8-15-16-9(17-8)14-6-7-4-2-1-3-5-7/h7H,1-6H2,(H,14,16). The molecule has 1 saturated carbocycles. The van der Waals surface area contributed by atoms with Crippen LogP contribution in [0.1, 0.15) is 37.1 Å². The first kappa shape index (κ1) is 12.6. The van der Waals surface area contributed by atoms with E-state index >= 15 is 0 Å². The fourth-order valence-corrected chi connectivity index (χ4v) is 2.65. The highest BCUT2D eigenvalue weighted by atomic mass is 32.1. The highest BCUT2D eigenvalue weighted by molar-refractivity contribution is 7.15. The van der Waals surface area contributed by atoms with Crippen LogP contribution >= 0.6 is 11.3 Å². The van der Waals surface area contributed by atoms with Crippen LogP contribution in [-0.4, -0.2) is 16.7 Å². The van der Waals surface area contributed by atoms with Crippen LogP contribution in [0.2, 0.25) is 0 Å². The number of halogens is 3. The van der Waals surface area contributed by atoms with E-state index in [-0.39, 0.29) is 5.13 Å². The van der Waals surface area contributed by atoms with Gasteiger partial charge in [-0.25, -0.2) is 0 Å². The van der Waals surface area contributed by atoms with Crippen molar-refractivity contribution in [3.63, 3.8) is 0 Å². The fraction of sp³-hybridized carbons (Fsp3) is 0.800. The molecular weight excluding hydrogens is 251 g/mol. The normalized spacial score (nSPS) is 18.3. The third-order valence-corrected chi connectivity index (χ3v) is 3.86. The molecule has 2 rings (SSSR count).